The zero-order valence-electron chi connectivity index (χ0n) is 9.88. The maximum atomic E-state index is 13.2. The van der Waals surface area contributed by atoms with Gasteiger partial charge in [0, 0.05) is 25.7 Å². The van der Waals surface area contributed by atoms with Crippen molar-refractivity contribution >= 4 is 5.69 Å². The van der Waals surface area contributed by atoms with Crippen LogP contribution in [0.15, 0.2) is 30.9 Å². The molecule has 98 valence electrons. The summed E-state index contributed by atoms with van der Waals surface area (Å²) < 4.78 is 13.2. The molecule has 0 radical (unpaired) electrons. The Kier molecular flexibility index (Phi) is 5.41. The van der Waals surface area contributed by atoms with Crippen LogP contribution in [0.5, 0.6) is 0 Å². The molecule has 0 unspecified atom stereocenters. The number of hydrogen-bond acceptors (Lipinski definition) is 4. The Morgan fingerprint density at radius 2 is 2.22 bits per heavy atom. The van der Waals surface area contributed by atoms with E-state index >= 15 is 0 Å². The van der Waals surface area contributed by atoms with Gasteiger partial charge in [-0.3, -0.25) is 15.0 Å². The number of nitro groups is 1. The van der Waals surface area contributed by atoms with Crippen molar-refractivity contribution in [3.63, 3.8) is 0 Å². The second-order valence-corrected chi connectivity index (χ2v) is 3.82. The second kappa shape index (κ2) is 6.83. The quantitative estimate of drug-likeness (QED) is 0.457. The molecule has 0 atom stereocenters. The minimum absolute atomic E-state index is 0.0365. The Balaban J connectivity index is 2.87. The fraction of sp³-hybridized carbons (Fsp3) is 0.333. The van der Waals surface area contributed by atoms with Gasteiger partial charge in [0.15, 0.2) is 0 Å². The molecule has 0 aliphatic carbocycles. The van der Waals surface area contributed by atoms with Gasteiger partial charge in [-0.25, -0.2) is 4.39 Å². The van der Waals surface area contributed by atoms with Gasteiger partial charge in [-0.1, -0.05) is 6.08 Å². The smallest absolute Gasteiger partial charge is 0.272 e. The lowest BCUT2D eigenvalue weighted by Gasteiger charge is -2.19. The Bertz CT molecular complexity index is 437. The molecule has 0 heterocycles. The first kappa shape index (κ1) is 14.3. The van der Waals surface area contributed by atoms with Gasteiger partial charge in [0.25, 0.3) is 5.69 Å². The number of rotatable bonds is 7. The van der Waals surface area contributed by atoms with Crippen LogP contribution < -0.4 is 0 Å². The fourth-order valence-electron chi connectivity index (χ4n) is 1.65. The van der Waals surface area contributed by atoms with E-state index in [1.807, 2.05) is 4.90 Å². The molecule has 0 saturated heterocycles. The Morgan fingerprint density at radius 3 is 2.78 bits per heavy atom. The SMILES string of the molecule is C=CCN(CCO)Cc1cc(F)cc([N+](=O)[O-])c1. The van der Waals surface area contributed by atoms with Crippen LogP contribution in [0.2, 0.25) is 0 Å². The molecule has 1 aromatic carbocycles. The van der Waals surface area contributed by atoms with Crippen molar-refractivity contribution in [3.8, 4) is 0 Å². The molecule has 0 bridgehead atoms. The van der Waals surface area contributed by atoms with Crippen LogP contribution in [0.4, 0.5) is 10.1 Å². The monoisotopic (exact) mass is 254 g/mol. The summed E-state index contributed by atoms with van der Waals surface area (Å²) in [4.78, 5) is 11.8. The van der Waals surface area contributed by atoms with Crippen molar-refractivity contribution < 1.29 is 14.4 Å². The summed E-state index contributed by atoms with van der Waals surface area (Å²) >= 11 is 0. The molecule has 0 amide bonds. The molecule has 1 aromatic rings. The van der Waals surface area contributed by atoms with E-state index in [0.717, 1.165) is 6.07 Å². The van der Waals surface area contributed by atoms with Gasteiger partial charge in [-0.15, -0.1) is 6.58 Å². The van der Waals surface area contributed by atoms with E-state index in [9.17, 15) is 14.5 Å². The first-order chi connectivity index (χ1) is 8.56. The molecule has 0 fully saturated rings. The molecular formula is C12H15FN2O3. The molecule has 1 rings (SSSR count). The van der Waals surface area contributed by atoms with Crippen LogP contribution in [0.25, 0.3) is 0 Å². The van der Waals surface area contributed by atoms with E-state index in [1.54, 1.807) is 6.08 Å². The van der Waals surface area contributed by atoms with Crippen molar-refractivity contribution in [1.82, 2.24) is 4.90 Å². The van der Waals surface area contributed by atoms with Crippen molar-refractivity contribution in [2.45, 2.75) is 6.54 Å². The Labute approximate surface area is 104 Å². The van der Waals surface area contributed by atoms with Crippen molar-refractivity contribution in [1.29, 1.82) is 0 Å². The standard InChI is InChI=1S/C12H15FN2O3/c1-2-3-14(4-5-16)9-10-6-11(13)8-12(7-10)15(17)18/h2,6-8,16H,1,3-5,9H2. The van der Waals surface area contributed by atoms with E-state index in [2.05, 4.69) is 6.58 Å². The molecule has 6 heteroatoms. The normalized spacial score (nSPS) is 10.6. The Morgan fingerprint density at radius 1 is 1.50 bits per heavy atom. The van der Waals surface area contributed by atoms with Gasteiger partial charge in [-0.05, 0) is 11.6 Å². The van der Waals surface area contributed by atoms with Crippen molar-refractivity contribution in [2.75, 3.05) is 19.7 Å². The van der Waals surface area contributed by atoms with E-state index in [0.29, 0.717) is 25.2 Å². The van der Waals surface area contributed by atoms with Crippen molar-refractivity contribution in [2.24, 2.45) is 0 Å². The minimum atomic E-state index is -0.637. The molecular weight excluding hydrogens is 239 g/mol. The number of aliphatic hydroxyl groups excluding tert-OH is 1. The maximum Gasteiger partial charge on any atom is 0.272 e. The third-order valence-electron chi connectivity index (χ3n) is 2.36. The first-order valence-electron chi connectivity index (χ1n) is 5.44. The summed E-state index contributed by atoms with van der Waals surface area (Å²) in [6.07, 6.45) is 1.66. The highest BCUT2D eigenvalue weighted by molar-refractivity contribution is 5.35. The molecule has 0 spiro atoms. The lowest BCUT2D eigenvalue weighted by molar-refractivity contribution is -0.385. The number of aliphatic hydroxyl groups is 1. The third-order valence-corrected chi connectivity index (χ3v) is 2.36. The Hall–Kier alpha value is -1.79. The largest absolute Gasteiger partial charge is 0.395 e. The third kappa shape index (κ3) is 4.23. The minimum Gasteiger partial charge on any atom is -0.395 e. The number of hydrogen-bond donors (Lipinski definition) is 1. The summed E-state index contributed by atoms with van der Waals surface area (Å²) in [5, 5.41) is 19.5. The maximum absolute atomic E-state index is 13.2. The van der Waals surface area contributed by atoms with Crippen LogP contribution in [0.1, 0.15) is 5.56 Å². The summed E-state index contributed by atoms with van der Waals surface area (Å²) in [6.45, 7) is 4.79. The lowest BCUT2D eigenvalue weighted by atomic mass is 10.2. The van der Waals surface area contributed by atoms with E-state index in [4.69, 9.17) is 5.11 Å². The van der Waals surface area contributed by atoms with Gasteiger partial charge < -0.3 is 5.11 Å². The van der Waals surface area contributed by atoms with Gasteiger partial charge >= 0.3 is 0 Å². The van der Waals surface area contributed by atoms with Gasteiger partial charge in [-0.2, -0.15) is 0 Å². The number of nitrogens with zero attached hydrogens (tertiary/aromatic N) is 2. The van der Waals surface area contributed by atoms with Gasteiger partial charge in [0.1, 0.15) is 5.82 Å². The fourth-order valence-corrected chi connectivity index (χ4v) is 1.65. The average molecular weight is 254 g/mol. The van der Waals surface area contributed by atoms with Gasteiger partial charge in [0.2, 0.25) is 0 Å². The number of halogens is 1. The van der Waals surface area contributed by atoms with Crippen molar-refractivity contribution in [3.05, 3.63) is 52.3 Å². The highest BCUT2D eigenvalue weighted by Crippen LogP contribution is 2.17. The van der Waals surface area contributed by atoms with E-state index in [-0.39, 0.29) is 12.3 Å². The topological polar surface area (TPSA) is 66.6 Å². The zero-order valence-corrected chi connectivity index (χ0v) is 9.88. The summed E-state index contributed by atoms with van der Waals surface area (Å²) in [5.41, 5.74) is 0.226. The average Bonchev–Trinajstić information content (AvgIpc) is 2.28. The first-order valence-corrected chi connectivity index (χ1v) is 5.44. The lowest BCUT2D eigenvalue weighted by Crippen LogP contribution is -2.26. The molecule has 0 aliphatic rings. The van der Waals surface area contributed by atoms with Gasteiger partial charge in [0.05, 0.1) is 17.6 Å². The molecule has 1 N–H and O–H groups in total. The van der Waals surface area contributed by atoms with Crippen LogP contribution in [0, 0.1) is 15.9 Å². The molecule has 0 saturated carbocycles. The summed E-state index contributed by atoms with van der Waals surface area (Å²) in [6, 6.07) is 3.46. The molecule has 0 aromatic heterocycles. The highest BCUT2D eigenvalue weighted by atomic mass is 19.1. The number of non-ortho nitro benzene ring substituents is 1. The molecule has 0 aliphatic heterocycles. The van der Waals surface area contributed by atoms with Crippen LogP contribution in [0.3, 0.4) is 0 Å². The van der Waals surface area contributed by atoms with E-state index in [1.165, 1.54) is 12.1 Å². The van der Waals surface area contributed by atoms with E-state index < -0.39 is 10.7 Å². The molecule has 5 nitrogen and oxygen atoms in total. The number of nitro benzene ring substituents is 1. The predicted octanol–water partition coefficient (Wildman–Crippen LogP) is 1.71. The highest BCUT2D eigenvalue weighted by Gasteiger charge is 2.11. The second-order valence-electron chi connectivity index (χ2n) is 3.82. The number of benzene rings is 1. The molecule has 18 heavy (non-hydrogen) atoms. The van der Waals surface area contributed by atoms with Crippen LogP contribution >= 0.6 is 0 Å². The summed E-state index contributed by atoms with van der Waals surface area (Å²) in [5.74, 6) is -0.637. The van der Waals surface area contributed by atoms with Crippen LogP contribution in [-0.4, -0.2) is 34.6 Å². The van der Waals surface area contributed by atoms with Crippen LogP contribution in [-0.2, 0) is 6.54 Å². The zero-order chi connectivity index (χ0) is 13.5. The predicted molar refractivity (Wildman–Crippen MR) is 65.6 cm³/mol. The summed E-state index contributed by atoms with van der Waals surface area (Å²) in [7, 11) is 0.